The Morgan fingerprint density at radius 3 is 2.95 bits per heavy atom. The fraction of sp³-hybridized carbons (Fsp3) is 0.562. The van der Waals surface area contributed by atoms with E-state index in [4.69, 9.17) is 0 Å². The van der Waals surface area contributed by atoms with Gasteiger partial charge in [-0.1, -0.05) is 13.0 Å². The van der Waals surface area contributed by atoms with E-state index < -0.39 is 0 Å². The van der Waals surface area contributed by atoms with Crippen LogP contribution in [0.5, 0.6) is 0 Å². The molecule has 1 saturated heterocycles. The molecule has 1 fully saturated rings. The summed E-state index contributed by atoms with van der Waals surface area (Å²) in [6, 6.07) is 8.99. The van der Waals surface area contributed by atoms with Crippen molar-refractivity contribution in [2.24, 2.45) is 0 Å². The Kier molecular flexibility index (Phi) is 4.81. The van der Waals surface area contributed by atoms with Gasteiger partial charge in [0.15, 0.2) is 0 Å². The highest BCUT2D eigenvalue weighted by molar-refractivity contribution is 5.60. The van der Waals surface area contributed by atoms with Gasteiger partial charge in [0.05, 0.1) is 11.3 Å². The van der Waals surface area contributed by atoms with Crippen LogP contribution in [0.1, 0.15) is 37.3 Å². The van der Waals surface area contributed by atoms with Crippen molar-refractivity contribution in [1.29, 1.82) is 5.26 Å². The van der Waals surface area contributed by atoms with Crippen LogP contribution in [0.25, 0.3) is 0 Å². The first-order valence-electron chi connectivity index (χ1n) is 7.23. The Labute approximate surface area is 116 Å². The molecule has 19 heavy (non-hydrogen) atoms. The molecular weight excluding hydrogens is 234 g/mol. The summed E-state index contributed by atoms with van der Waals surface area (Å²) in [5, 5.41) is 12.8. The molecule has 1 atom stereocenters. The van der Waals surface area contributed by atoms with E-state index in [0.29, 0.717) is 6.04 Å². The summed E-state index contributed by atoms with van der Waals surface area (Å²) < 4.78 is 0. The molecule has 1 aromatic carbocycles. The molecule has 1 aliphatic heterocycles. The quantitative estimate of drug-likeness (QED) is 0.881. The number of nitrogens with zero attached hydrogens (tertiary/aromatic N) is 2. The number of nitriles is 1. The monoisotopic (exact) mass is 257 g/mol. The molecule has 0 bridgehead atoms. The predicted molar refractivity (Wildman–Crippen MR) is 79.4 cm³/mol. The smallest absolute Gasteiger partial charge is 0.101 e. The van der Waals surface area contributed by atoms with Gasteiger partial charge in [-0.15, -0.1) is 0 Å². The van der Waals surface area contributed by atoms with Crippen LogP contribution < -0.4 is 10.2 Å². The highest BCUT2D eigenvalue weighted by atomic mass is 15.2. The van der Waals surface area contributed by atoms with E-state index >= 15 is 0 Å². The molecule has 0 radical (unpaired) electrons. The number of anilines is 1. The Balaban J connectivity index is 2.22. The number of aryl methyl sites for hydroxylation is 1. The summed E-state index contributed by atoms with van der Waals surface area (Å²) in [6.45, 7) is 7.42. The third-order valence-electron chi connectivity index (χ3n) is 3.71. The highest BCUT2D eigenvalue weighted by Crippen LogP contribution is 2.23. The molecule has 0 aromatic heterocycles. The second-order valence-corrected chi connectivity index (χ2v) is 5.37. The summed E-state index contributed by atoms with van der Waals surface area (Å²) in [4.78, 5) is 2.37. The first kappa shape index (κ1) is 13.9. The summed E-state index contributed by atoms with van der Waals surface area (Å²) in [7, 11) is 0. The van der Waals surface area contributed by atoms with Crippen molar-refractivity contribution in [2.45, 2.75) is 39.2 Å². The van der Waals surface area contributed by atoms with Crippen LogP contribution in [0.15, 0.2) is 18.2 Å². The van der Waals surface area contributed by atoms with Crippen molar-refractivity contribution in [3.63, 3.8) is 0 Å². The molecule has 0 amide bonds. The molecular formula is C16H23N3. The van der Waals surface area contributed by atoms with Gasteiger partial charge in [0, 0.05) is 19.1 Å². The summed E-state index contributed by atoms with van der Waals surface area (Å²) in [5.74, 6) is 0. The van der Waals surface area contributed by atoms with Gasteiger partial charge in [-0.2, -0.15) is 5.26 Å². The molecule has 1 aromatic rings. The zero-order valence-corrected chi connectivity index (χ0v) is 11.9. The van der Waals surface area contributed by atoms with E-state index in [9.17, 15) is 5.26 Å². The van der Waals surface area contributed by atoms with Crippen LogP contribution in [-0.4, -0.2) is 25.7 Å². The zero-order valence-electron chi connectivity index (χ0n) is 11.9. The summed E-state index contributed by atoms with van der Waals surface area (Å²) in [5.41, 5.74) is 3.10. The molecule has 0 saturated carbocycles. The Morgan fingerprint density at radius 2 is 2.32 bits per heavy atom. The van der Waals surface area contributed by atoms with E-state index in [-0.39, 0.29) is 0 Å². The van der Waals surface area contributed by atoms with E-state index in [1.165, 1.54) is 18.4 Å². The maximum Gasteiger partial charge on any atom is 0.101 e. The van der Waals surface area contributed by atoms with E-state index in [0.717, 1.165) is 37.3 Å². The lowest BCUT2D eigenvalue weighted by atomic mass is 10.1. The Hall–Kier alpha value is -1.53. The van der Waals surface area contributed by atoms with Crippen LogP contribution in [0.4, 0.5) is 5.69 Å². The van der Waals surface area contributed by atoms with Gasteiger partial charge < -0.3 is 10.2 Å². The topological polar surface area (TPSA) is 39.1 Å². The normalized spacial score (nSPS) is 18.3. The van der Waals surface area contributed by atoms with E-state index in [1.807, 2.05) is 12.1 Å². The molecule has 0 spiro atoms. The van der Waals surface area contributed by atoms with Gasteiger partial charge in [0.2, 0.25) is 0 Å². The molecule has 2 rings (SSSR count). The molecule has 1 unspecified atom stereocenters. The van der Waals surface area contributed by atoms with Crippen LogP contribution in [0, 0.1) is 18.3 Å². The lowest BCUT2D eigenvalue weighted by Gasteiger charge is -2.28. The van der Waals surface area contributed by atoms with E-state index in [2.05, 4.69) is 36.2 Å². The molecule has 1 N–H and O–H groups in total. The maximum absolute atomic E-state index is 9.30. The molecule has 102 valence electrons. The lowest BCUT2D eigenvalue weighted by molar-refractivity contribution is 0.578. The van der Waals surface area contributed by atoms with Crippen molar-refractivity contribution in [2.75, 3.05) is 24.5 Å². The molecule has 3 nitrogen and oxygen atoms in total. The van der Waals surface area contributed by atoms with Gasteiger partial charge >= 0.3 is 0 Å². The van der Waals surface area contributed by atoms with Gasteiger partial charge in [-0.25, -0.2) is 0 Å². The number of hydrogen-bond donors (Lipinski definition) is 1. The average Bonchev–Trinajstić information content (AvgIpc) is 2.91. The first-order chi connectivity index (χ1) is 9.24. The van der Waals surface area contributed by atoms with Crippen LogP contribution in [0.3, 0.4) is 0 Å². The summed E-state index contributed by atoms with van der Waals surface area (Å²) >= 11 is 0. The van der Waals surface area contributed by atoms with Gasteiger partial charge in [0.1, 0.15) is 6.07 Å². The minimum atomic E-state index is 0.568. The predicted octanol–water partition coefficient (Wildman–Crippen LogP) is 2.84. The fourth-order valence-electron chi connectivity index (χ4n) is 2.76. The highest BCUT2D eigenvalue weighted by Gasteiger charge is 2.19. The third kappa shape index (κ3) is 3.48. The van der Waals surface area contributed by atoms with Crippen LogP contribution in [0.2, 0.25) is 0 Å². The molecule has 3 heteroatoms. The number of rotatable bonds is 5. The number of nitrogens with one attached hydrogen (secondary N) is 1. The minimum absolute atomic E-state index is 0.568. The standard InChI is InChI=1S/C16H23N3/c1-3-9-19(12-15-5-4-8-18-15)16-10-13(2)6-7-14(16)11-17/h6-7,10,15,18H,3-5,8-9,12H2,1-2H3. The summed E-state index contributed by atoms with van der Waals surface area (Å²) in [6.07, 6.45) is 3.61. The van der Waals surface area contributed by atoms with Crippen molar-refractivity contribution in [3.05, 3.63) is 29.3 Å². The third-order valence-corrected chi connectivity index (χ3v) is 3.71. The van der Waals surface area contributed by atoms with E-state index in [1.54, 1.807) is 0 Å². The number of hydrogen-bond acceptors (Lipinski definition) is 3. The van der Waals surface area contributed by atoms with Gasteiger partial charge in [0.25, 0.3) is 0 Å². The zero-order chi connectivity index (χ0) is 13.7. The van der Waals surface area contributed by atoms with Gasteiger partial charge in [-0.05, 0) is 50.4 Å². The van der Waals surface area contributed by atoms with Crippen LogP contribution >= 0.6 is 0 Å². The van der Waals surface area contributed by atoms with Crippen molar-refractivity contribution < 1.29 is 0 Å². The maximum atomic E-state index is 9.30. The first-order valence-corrected chi connectivity index (χ1v) is 7.23. The SMILES string of the molecule is CCCN(CC1CCCN1)c1cc(C)ccc1C#N. The van der Waals surface area contributed by atoms with Gasteiger partial charge in [-0.3, -0.25) is 0 Å². The van der Waals surface area contributed by atoms with Crippen molar-refractivity contribution in [3.8, 4) is 6.07 Å². The Bertz CT molecular complexity index is 456. The number of benzene rings is 1. The molecule has 1 aliphatic rings. The second kappa shape index (κ2) is 6.58. The molecule has 1 heterocycles. The lowest BCUT2D eigenvalue weighted by Crippen LogP contribution is -2.38. The minimum Gasteiger partial charge on any atom is -0.369 e. The molecule has 0 aliphatic carbocycles. The largest absolute Gasteiger partial charge is 0.369 e. The Morgan fingerprint density at radius 1 is 1.47 bits per heavy atom. The van der Waals surface area contributed by atoms with Crippen molar-refractivity contribution in [1.82, 2.24) is 5.32 Å². The fourth-order valence-corrected chi connectivity index (χ4v) is 2.76. The van der Waals surface area contributed by atoms with Crippen molar-refractivity contribution >= 4 is 5.69 Å². The average molecular weight is 257 g/mol. The van der Waals surface area contributed by atoms with Crippen LogP contribution in [-0.2, 0) is 0 Å². The second-order valence-electron chi connectivity index (χ2n) is 5.37.